The fourth-order valence-electron chi connectivity index (χ4n) is 2.48. The van der Waals surface area contributed by atoms with Crippen LogP contribution >= 0.6 is 0 Å². The van der Waals surface area contributed by atoms with E-state index in [1.54, 1.807) is 12.1 Å². The van der Waals surface area contributed by atoms with Crippen molar-refractivity contribution in [2.45, 2.75) is 13.8 Å². The zero-order valence-corrected chi connectivity index (χ0v) is 14.3. The van der Waals surface area contributed by atoms with Crippen LogP contribution in [0, 0.1) is 0 Å². The number of allylic oxidation sites excluding steroid dienone is 1. The van der Waals surface area contributed by atoms with Crippen LogP contribution in [0.3, 0.4) is 0 Å². The molecule has 2 rings (SSSR count). The molecule has 0 spiro atoms. The SMILES string of the molecule is CCN(CC)c1ccc(/C=C/C(=O)c2ccc(O)c(OC)c2)cc1. The molecule has 0 bridgehead atoms. The highest BCUT2D eigenvalue weighted by molar-refractivity contribution is 6.07. The molecule has 0 aromatic heterocycles. The molecule has 1 N–H and O–H groups in total. The fourth-order valence-corrected chi connectivity index (χ4v) is 2.48. The van der Waals surface area contributed by atoms with Crippen LogP contribution in [0.4, 0.5) is 5.69 Å². The third-order valence-corrected chi connectivity index (χ3v) is 3.91. The third-order valence-electron chi connectivity index (χ3n) is 3.91. The van der Waals surface area contributed by atoms with Gasteiger partial charge < -0.3 is 14.7 Å². The van der Waals surface area contributed by atoms with Gasteiger partial charge in [-0.05, 0) is 55.8 Å². The first-order chi connectivity index (χ1) is 11.6. The van der Waals surface area contributed by atoms with E-state index in [4.69, 9.17) is 4.74 Å². The molecule has 0 fully saturated rings. The topological polar surface area (TPSA) is 49.8 Å². The number of hydrogen-bond acceptors (Lipinski definition) is 4. The Bertz CT molecular complexity index is 716. The van der Waals surface area contributed by atoms with Crippen molar-refractivity contribution in [3.8, 4) is 11.5 Å². The highest BCUT2D eigenvalue weighted by atomic mass is 16.5. The number of phenols is 1. The van der Waals surface area contributed by atoms with Crippen LogP contribution < -0.4 is 9.64 Å². The van der Waals surface area contributed by atoms with Gasteiger partial charge in [-0.15, -0.1) is 0 Å². The second kappa shape index (κ2) is 8.20. The van der Waals surface area contributed by atoms with Crippen molar-refractivity contribution >= 4 is 17.5 Å². The molecule has 0 radical (unpaired) electrons. The lowest BCUT2D eigenvalue weighted by molar-refractivity contribution is 0.104. The zero-order chi connectivity index (χ0) is 17.5. The smallest absolute Gasteiger partial charge is 0.185 e. The summed E-state index contributed by atoms with van der Waals surface area (Å²) in [6.45, 7) is 6.18. The molecule has 126 valence electrons. The molecule has 0 amide bonds. The van der Waals surface area contributed by atoms with Crippen molar-refractivity contribution in [1.82, 2.24) is 0 Å². The minimum Gasteiger partial charge on any atom is -0.504 e. The number of methoxy groups -OCH3 is 1. The Hall–Kier alpha value is -2.75. The van der Waals surface area contributed by atoms with Gasteiger partial charge in [0.1, 0.15) is 0 Å². The Labute approximate surface area is 143 Å². The number of nitrogens with zero attached hydrogens (tertiary/aromatic N) is 1. The monoisotopic (exact) mass is 325 g/mol. The molecule has 4 heteroatoms. The zero-order valence-electron chi connectivity index (χ0n) is 14.3. The highest BCUT2D eigenvalue weighted by Crippen LogP contribution is 2.26. The summed E-state index contributed by atoms with van der Waals surface area (Å²) in [4.78, 5) is 14.5. The molecule has 0 aliphatic heterocycles. The predicted molar refractivity (Wildman–Crippen MR) is 98.0 cm³/mol. The van der Waals surface area contributed by atoms with E-state index in [0.29, 0.717) is 5.56 Å². The lowest BCUT2D eigenvalue weighted by Crippen LogP contribution is -2.21. The van der Waals surface area contributed by atoms with Gasteiger partial charge in [0.2, 0.25) is 0 Å². The molecule has 0 heterocycles. The molecule has 2 aromatic rings. The van der Waals surface area contributed by atoms with Gasteiger partial charge in [-0.1, -0.05) is 18.2 Å². The summed E-state index contributed by atoms with van der Waals surface area (Å²) in [6, 6.07) is 12.7. The molecule has 0 unspecified atom stereocenters. The number of ether oxygens (including phenoxy) is 1. The predicted octanol–water partition coefficient (Wildman–Crippen LogP) is 4.14. The van der Waals surface area contributed by atoms with E-state index >= 15 is 0 Å². The van der Waals surface area contributed by atoms with Crippen molar-refractivity contribution in [3.05, 3.63) is 59.7 Å². The maximum atomic E-state index is 12.2. The first-order valence-electron chi connectivity index (χ1n) is 8.03. The molecular formula is C20H23NO3. The summed E-state index contributed by atoms with van der Waals surface area (Å²) in [5, 5.41) is 9.58. The highest BCUT2D eigenvalue weighted by Gasteiger charge is 2.07. The van der Waals surface area contributed by atoms with E-state index in [0.717, 1.165) is 18.7 Å². The minimum absolute atomic E-state index is 0.0185. The van der Waals surface area contributed by atoms with Crippen LogP contribution in [0.5, 0.6) is 11.5 Å². The van der Waals surface area contributed by atoms with Crippen molar-refractivity contribution in [2.75, 3.05) is 25.1 Å². The first-order valence-corrected chi connectivity index (χ1v) is 8.03. The summed E-state index contributed by atoms with van der Waals surface area (Å²) < 4.78 is 5.02. The lowest BCUT2D eigenvalue weighted by Gasteiger charge is -2.20. The molecular weight excluding hydrogens is 302 g/mol. The van der Waals surface area contributed by atoms with Crippen molar-refractivity contribution in [2.24, 2.45) is 0 Å². The molecule has 0 aliphatic carbocycles. The summed E-state index contributed by atoms with van der Waals surface area (Å²) in [5.41, 5.74) is 2.61. The Morgan fingerprint density at radius 3 is 2.38 bits per heavy atom. The van der Waals surface area contributed by atoms with Crippen molar-refractivity contribution in [3.63, 3.8) is 0 Å². The molecule has 4 nitrogen and oxygen atoms in total. The molecule has 0 atom stereocenters. The van der Waals surface area contributed by atoms with Gasteiger partial charge in [0.05, 0.1) is 7.11 Å². The summed E-state index contributed by atoms with van der Waals surface area (Å²) in [6.07, 6.45) is 3.31. The number of benzene rings is 2. The van der Waals surface area contributed by atoms with Crippen LogP contribution in [0.15, 0.2) is 48.5 Å². The van der Waals surface area contributed by atoms with Crippen LogP contribution in [0.25, 0.3) is 6.08 Å². The van der Waals surface area contributed by atoms with E-state index in [-0.39, 0.29) is 17.3 Å². The fraction of sp³-hybridized carbons (Fsp3) is 0.250. The number of phenolic OH excluding ortho intramolecular Hbond substituents is 1. The Morgan fingerprint density at radius 1 is 1.12 bits per heavy atom. The average Bonchev–Trinajstić information content (AvgIpc) is 2.62. The van der Waals surface area contributed by atoms with Crippen molar-refractivity contribution in [1.29, 1.82) is 0 Å². The van der Waals surface area contributed by atoms with Gasteiger partial charge in [-0.2, -0.15) is 0 Å². The first kappa shape index (κ1) is 17.6. The maximum Gasteiger partial charge on any atom is 0.185 e. The van der Waals surface area contributed by atoms with E-state index < -0.39 is 0 Å². The number of ketones is 1. The number of carbonyl (C=O) groups excluding carboxylic acids is 1. The lowest BCUT2D eigenvalue weighted by atomic mass is 10.1. The van der Waals surface area contributed by atoms with Gasteiger partial charge >= 0.3 is 0 Å². The molecule has 0 aliphatic rings. The normalized spacial score (nSPS) is 10.8. The van der Waals surface area contributed by atoms with Crippen LogP contribution in [0.2, 0.25) is 0 Å². The van der Waals surface area contributed by atoms with E-state index in [9.17, 15) is 9.90 Å². The number of carbonyl (C=O) groups is 1. The molecule has 2 aromatic carbocycles. The number of anilines is 1. The molecule has 24 heavy (non-hydrogen) atoms. The summed E-state index contributed by atoms with van der Waals surface area (Å²) >= 11 is 0. The second-order valence-corrected chi connectivity index (χ2v) is 5.35. The van der Waals surface area contributed by atoms with E-state index in [2.05, 4.69) is 30.9 Å². The Balaban J connectivity index is 2.11. The summed E-state index contributed by atoms with van der Waals surface area (Å²) in [5.74, 6) is 0.170. The Morgan fingerprint density at radius 2 is 1.79 bits per heavy atom. The van der Waals surface area contributed by atoms with E-state index in [1.165, 1.54) is 31.0 Å². The number of hydrogen-bond donors (Lipinski definition) is 1. The molecule has 0 saturated carbocycles. The van der Waals surface area contributed by atoms with Crippen molar-refractivity contribution < 1.29 is 14.6 Å². The molecule has 0 saturated heterocycles. The largest absolute Gasteiger partial charge is 0.504 e. The van der Waals surface area contributed by atoms with Crippen LogP contribution in [-0.2, 0) is 0 Å². The van der Waals surface area contributed by atoms with Gasteiger partial charge in [-0.3, -0.25) is 4.79 Å². The third kappa shape index (κ3) is 4.16. The van der Waals surface area contributed by atoms with Gasteiger partial charge in [0.15, 0.2) is 17.3 Å². The standard InChI is InChI=1S/C20H23NO3/c1-4-21(5-2)17-10-6-15(7-11-17)8-12-18(22)16-9-13-19(23)20(14-16)24-3/h6-14,23H,4-5H2,1-3H3/b12-8+. The minimum atomic E-state index is -0.138. The second-order valence-electron chi connectivity index (χ2n) is 5.35. The quantitative estimate of drug-likeness (QED) is 0.614. The van der Waals surface area contributed by atoms with Gasteiger partial charge in [0, 0.05) is 24.3 Å². The Kier molecular flexibility index (Phi) is 6.01. The van der Waals surface area contributed by atoms with Gasteiger partial charge in [-0.25, -0.2) is 0 Å². The maximum absolute atomic E-state index is 12.2. The number of aromatic hydroxyl groups is 1. The van der Waals surface area contributed by atoms with Crippen LogP contribution in [-0.4, -0.2) is 31.1 Å². The average molecular weight is 325 g/mol. The number of rotatable bonds is 7. The van der Waals surface area contributed by atoms with E-state index in [1.807, 2.05) is 12.1 Å². The van der Waals surface area contributed by atoms with Gasteiger partial charge in [0.25, 0.3) is 0 Å². The summed E-state index contributed by atoms with van der Waals surface area (Å²) in [7, 11) is 1.45. The van der Waals surface area contributed by atoms with Crippen LogP contribution in [0.1, 0.15) is 29.8 Å².